The van der Waals surface area contributed by atoms with E-state index in [-0.39, 0.29) is 11.5 Å². The smallest absolute Gasteiger partial charge is 0.169 e. The number of halogens is 1. The van der Waals surface area contributed by atoms with Gasteiger partial charge in [-0.1, -0.05) is 22.0 Å². The van der Waals surface area contributed by atoms with Crippen molar-refractivity contribution >= 4 is 21.7 Å². The Labute approximate surface area is 129 Å². The molecule has 1 fully saturated rings. The lowest BCUT2D eigenvalue weighted by Crippen LogP contribution is -2.36. The molecule has 1 aromatic carbocycles. The largest absolute Gasteiger partial charge is 0.376 e. The summed E-state index contributed by atoms with van der Waals surface area (Å²) in [6.07, 6.45) is 5.50. The Morgan fingerprint density at radius 1 is 1.30 bits per heavy atom. The average molecular weight is 337 g/mol. The number of fused-ring (bicyclic) bond motifs is 1. The summed E-state index contributed by atoms with van der Waals surface area (Å²) in [4.78, 5) is 12.8. The number of rotatable bonds is 2. The van der Waals surface area contributed by atoms with Gasteiger partial charge in [0.25, 0.3) is 0 Å². The lowest BCUT2D eigenvalue weighted by atomic mass is 9.70. The summed E-state index contributed by atoms with van der Waals surface area (Å²) >= 11 is 3.47. The summed E-state index contributed by atoms with van der Waals surface area (Å²) in [5.74, 6) is 0.358. The molecule has 0 aromatic heterocycles. The molecule has 0 N–H and O–H groups in total. The van der Waals surface area contributed by atoms with Gasteiger partial charge in [-0.2, -0.15) is 0 Å². The van der Waals surface area contributed by atoms with E-state index in [0.29, 0.717) is 11.9 Å². The summed E-state index contributed by atoms with van der Waals surface area (Å²) in [6, 6.07) is 6.13. The van der Waals surface area contributed by atoms with E-state index in [9.17, 15) is 4.79 Å². The Morgan fingerprint density at radius 2 is 2.00 bits per heavy atom. The number of carbonyl (C=O) groups is 1. The minimum atomic E-state index is -0.139. The predicted octanol–water partition coefficient (Wildman–Crippen LogP) is 4.54. The van der Waals surface area contributed by atoms with Crippen molar-refractivity contribution < 1.29 is 9.53 Å². The van der Waals surface area contributed by atoms with Gasteiger partial charge in [0.2, 0.25) is 0 Å². The van der Waals surface area contributed by atoms with Gasteiger partial charge in [0, 0.05) is 15.5 Å². The highest BCUT2D eigenvalue weighted by molar-refractivity contribution is 9.10. The van der Waals surface area contributed by atoms with E-state index in [4.69, 9.17) is 4.74 Å². The van der Waals surface area contributed by atoms with Crippen LogP contribution in [0.2, 0.25) is 0 Å². The molecule has 3 rings (SSSR count). The molecular weight excluding hydrogens is 316 g/mol. The van der Waals surface area contributed by atoms with Crippen LogP contribution in [0.4, 0.5) is 0 Å². The molecule has 1 spiro atoms. The molecule has 0 amide bonds. The quantitative estimate of drug-likeness (QED) is 0.792. The Hall–Kier alpha value is -0.670. The van der Waals surface area contributed by atoms with E-state index in [2.05, 4.69) is 35.8 Å². The first kappa shape index (κ1) is 14.3. The zero-order valence-electron chi connectivity index (χ0n) is 12.1. The van der Waals surface area contributed by atoms with Crippen LogP contribution in [0.25, 0.3) is 0 Å². The summed E-state index contributed by atoms with van der Waals surface area (Å²) in [5.41, 5.74) is 2.02. The fourth-order valence-corrected chi connectivity index (χ4v) is 4.07. The summed E-state index contributed by atoms with van der Waals surface area (Å²) in [6.45, 7) is 4.16. The molecule has 1 aromatic rings. The molecule has 20 heavy (non-hydrogen) atoms. The van der Waals surface area contributed by atoms with Crippen LogP contribution in [-0.2, 0) is 11.2 Å². The Morgan fingerprint density at radius 3 is 2.65 bits per heavy atom. The molecule has 3 heteroatoms. The molecule has 0 aliphatic heterocycles. The van der Waals surface area contributed by atoms with Crippen molar-refractivity contribution in [1.82, 2.24) is 0 Å². The van der Waals surface area contributed by atoms with Crippen LogP contribution in [-0.4, -0.2) is 18.0 Å². The van der Waals surface area contributed by atoms with E-state index in [1.165, 1.54) is 5.56 Å². The number of ketones is 1. The molecule has 0 bridgehead atoms. The zero-order chi connectivity index (χ0) is 14.3. The van der Waals surface area contributed by atoms with Gasteiger partial charge < -0.3 is 4.74 Å². The van der Waals surface area contributed by atoms with Gasteiger partial charge in [-0.15, -0.1) is 0 Å². The lowest BCUT2D eigenvalue weighted by Gasteiger charge is -2.36. The number of carbonyl (C=O) groups excluding carboxylic acids is 1. The Bertz CT molecular complexity index is 528. The standard InChI is InChI=1S/C17H21BrO2/c1-11(2)20-14-5-7-17(8-6-14)10-12-3-4-13(18)9-15(12)16(17)19/h3-4,9,11,14H,5-8,10H2,1-2H3/t14-,17-. The van der Waals surface area contributed by atoms with Crippen molar-refractivity contribution in [3.63, 3.8) is 0 Å². The first-order chi connectivity index (χ1) is 9.50. The fraction of sp³-hybridized carbons (Fsp3) is 0.588. The summed E-state index contributed by atoms with van der Waals surface area (Å²) in [7, 11) is 0. The molecule has 0 heterocycles. The second-order valence-electron chi connectivity index (χ2n) is 6.47. The average Bonchev–Trinajstić information content (AvgIpc) is 2.66. The fourth-order valence-electron chi connectivity index (χ4n) is 3.71. The third-order valence-corrected chi connectivity index (χ3v) is 5.17. The molecular formula is C17H21BrO2. The molecule has 0 unspecified atom stereocenters. The van der Waals surface area contributed by atoms with Gasteiger partial charge in [-0.25, -0.2) is 0 Å². The number of hydrogen-bond donors (Lipinski definition) is 0. The third-order valence-electron chi connectivity index (χ3n) is 4.68. The minimum absolute atomic E-state index is 0.139. The molecule has 0 atom stereocenters. The van der Waals surface area contributed by atoms with Crippen LogP contribution >= 0.6 is 15.9 Å². The van der Waals surface area contributed by atoms with E-state index < -0.39 is 0 Å². The second-order valence-corrected chi connectivity index (χ2v) is 7.39. The van der Waals surface area contributed by atoms with Crippen LogP contribution in [0.1, 0.15) is 55.5 Å². The summed E-state index contributed by atoms with van der Waals surface area (Å²) < 4.78 is 6.91. The van der Waals surface area contributed by atoms with Crippen molar-refractivity contribution in [2.45, 2.75) is 58.2 Å². The minimum Gasteiger partial charge on any atom is -0.376 e. The van der Waals surface area contributed by atoms with Gasteiger partial charge in [0.15, 0.2) is 5.78 Å². The first-order valence-corrected chi connectivity index (χ1v) is 8.28. The molecule has 2 aliphatic carbocycles. The Balaban J connectivity index is 1.76. The number of Topliss-reactive ketones (excluding diaryl/α,β-unsaturated/α-hetero) is 1. The lowest BCUT2D eigenvalue weighted by molar-refractivity contribution is -0.0298. The van der Waals surface area contributed by atoms with Crippen LogP contribution in [0, 0.1) is 5.41 Å². The second kappa shape index (κ2) is 5.27. The molecule has 2 aliphatic rings. The number of hydrogen-bond acceptors (Lipinski definition) is 2. The third kappa shape index (κ3) is 2.46. The van der Waals surface area contributed by atoms with E-state index >= 15 is 0 Å². The van der Waals surface area contributed by atoms with Crippen molar-refractivity contribution in [2.75, 3.05) is 0 Å². The van der Waals surface area contributed by atoms with Gasteiger partial charge >= 0.3 is 0 Å². The van der Waals surface area contributed by atoms with Crippen LogP contribution in [0.3, 0.4) is 0 Å². The van der Waals surface area contributed by atoms with Gasteiger partial charge in [-0.05, 0) is 63.6 Å². The van der Waals surface area contributed by atoms with Crippen molar-refractivity contribution in [3.05, 3.63) is 33.8 Å². The maximum atomic E-state index is 12.8. The van der Waals surface area contributed by atoms with Crippen molar-refractivity contribution in [2.24, 2.45) is 5.41 Å². The molecule has 2 nitrogen and oxygen atoms in total. The first-order valence-electron chi connectivity index (χ1n) is 7.49. The predicted molar refractivity (Wildman–Crippen MR) is 83.1 cm³/mol. The molecule has 0 saturated heterocycles. The highest BCUT2D eigenvalue weighted by Gasteiger charge is 2.47. The number of ether oxygens (including phenoxy) is 1. The van der Waals surface area contributed by atoms with Gasteiger partial charge in [-0.3, -0.25) is 4.79 Å². The van der Waals surface area contributed by atoms with E-state index in [0.717, 1.165) is 42.1 Å². The molecule has 1 saturated carbocycles. The van der Waals surface area contributed by atoms with E-state index in [1.54, 1.807) is 0 Å². The van der Waals surface area contributed by atoms with Gasteiger partial charge in [0.1, 0.15) is 0 Å². The monoisotopic (exact) mass is 336 g/mol. The highest BCUT2D eigenvalue weighted by Crippen LogP contribution is 2.48. The van der Waals surface area contributed by atoms with E-state index in [1.807, 2.05) is 12.1 Å². The molecule has 108 valence electrons. The van der Waals surface area contributed by atoms with Crippen LogP contribution < -0.4 is 0 Å². The van der Waals surface area contributed by atoms with Crippen molar-refractivity contribution in [3.8, 4) is 0 Å². The normalized spacial score (nSPS) is 29.2. The maximum Gasteiger partial charge on any atom is 0.169 e. The SMILES string of the molecule is CC(C)O[C@H]1CC[C@]2(CC1)Cc1ccc(Br)cc1C2=O. The Kier molecular flexibility index (Phi) is 3.76. The molecule has 0 radical (unpaired) electrons. The highest BCUT2D eigenvalue weighted by atomic mass is 79.9. The van der Waals surface area contributed by atoms with Crippen LogP contribution in [0.15, 0.2) is 22.7 Å². The van der Waals surface area contributed by atoms with Gasteiger partial charge in [0.05, 0.1) is 12.2 Å². The topological polar surface area (TPSA) is 26.3 Å². The zero-order valence-corrected chi connectivity index (χ0v) is 13.7. The number of benzene rings is 1. The maximum absolute atomic E-state index is 12.8. The van der Waals surface area contributed by atoms with Crippen LogP contribution in [0.5, 0.6) is 0 Å². The summed E-state index contributed by atoms with van der Waals surface area (Å²) in [5, 5.41) is 0. The van der Waals surface area contributed by atoms with Crippen molar-refractivity contribution in [1.29, 1.82) is 0 Å².